The molecule has 2 N–H and O–H groups in total. The van der Waals surface area contributed by atoms with Gasteiger partial charge in [-0.2, -0.15) is 0 Å². The molecule has 1 aliphatic carbocycles. The molecule has 1 fully saturated rings. The van der Waals surface area contributed by atoms with Crippen molar-refractivity contribution < 1.29 is 4.74 Å². The molecular weight excluding hydrogens is 178 g/mol. The SMILES string of the molecule is COc1ccc(N=C(N)C2CC2)cn1. The Hall–Kier alpha value is -1.58. The lowest BCUT2D eigenvalue weighted by Gasteiger charge is -1.99. The molecule has 1 heterocycles. The van der Waals surface area contributed by atoms with Gasteiger partial charge in [0.25, 0.3) is 0 Å². The van der Waals surface area contributed by atoms with Crippen molar-refractivity contribution in [2.45, 2.75) is 12.8 Å². The normalized spacial score (nSPS) is 16.8. The zero-order chi connectivity index (χ0) is 9.97. The molecular formula is C10H13N3O. The van der Waals surface area contributed by atoms with Crippen molar-refractivity contribution in [3.63, 3.8) is 0 Å². The van der Waals surface area contributed by atoms with Crippen LogP contribution >= 0.6 is 0 Å². The highest BCUT2D eigenvalue weighted by molar-refractivity contribution is 5.87. The number of methoxy groups -OCH3 is 1. The van der Waals surface area contributed by atoms with Gasteiger partial charge in [-0.05, 0) is 18.9 Å². The zero-order valence-electron chi connectivity index (χ0n) is 8.10. The van der Waals surface area contributed by atoms with Crippen LogP contribution in [0.3, 0.4) is 0 Å². The van der Waals surface area contributed by atoms with Gasteiger partial charge in [-0.3, -0.25) is 0 Å². The smallest absolute Gasteiger partial charge is 0.213 e. The molecule has 0 bridgehead atoms. The summed E-state index contributed by atoms with van der Waals surface area (Å²) in [6.07, 6.45) is 3.99. The lowest BCUT2D eigenvalue weighted by molar-refractivity contribution is 0.398. The lowest BCUT2D eigenvalue weighted by atomic mass is 10.3. The highest BCUT2D eigenvalue weighted by atomic mass is 16.5. The number of hydrogen-bond donors (Lipinski definition) is 1. The molecule has 4 heteroatoms. The molecule has 0 aromatic carbocycles. The third-order valence-corrected chi connectivity index (χ3v) is 2.18. The summed E-state index contributed by atoms with van der Waals surface area (Å²) in [4.78, 5) is 8.32. The molecule has 74 valence electrons. The second-order valence-corrected chi connectivity index (χ2v) is 3.37. The molecule has 0 spiro atoms. The number of nitrogens with zero attached hydrogens (tertiary/aromatic N) is 2. The van der Waals surface area contributed by atoms with E-state index in [1.54, 1.807) is 19.4 Å². The summed E-state index contributed by atoms with van der Waals surface area (Å²) >= 11 is 0. The first-order chi connectivity index (χ1) is 6.79. The minimum absolute atomic E-state index is 0.497. The van der Waals surface area contributed by atoms with Crippen molar-refractivity contribution in [2.75, 3.05) is 7.11 Å². The van der Waals surface area contributed by atoms with Crippen LogP contribution in [0.1, 0.15) is 12.8 Å². The van der Waals surface area contributed by atoms with Crippen LogP contribution in [-0.4, -0.2) is 17.9 Å². The molecule has 0 saturated heterocycles. The Balaban J connectivity index is 2.12. The third-order valence-electron chi connectivity index (χ3n) is 2.18. The van der Waals surface area contributed by atoms with Crippen molar-refractivity contribution in [3.05, 3.63) is 18.3 Å². The molecule has 1 aromatic rings. The molecule has 1 aromatic heterocycles. The van der Waals surface area contributed by atoms with Crippen LogP contribution in [0.25, 0.3) is 0 Å². The van der Waals surface area contributed by atoms with Gasteiger partial charge < -0.3 is 10.5 Å². The number of rotatable bonds is 3. The Labute approximate surface area is 82.8 Å². The summed E-state index contributed by atoms with van der Waals surface area (Å²) in [7, 11) is 1.59. The Morgan fingerprint density at radius 1 is 1.57 bits per heavy atom. The molecule has 0 atom stereocenters. The van der Waals surface area contributed by atoms with Crippen LogP contribution in [0.15, 0.2) is 23.3 Å². The van der Waals surface area contributed by atoms with Crippen molar-refractivity contribution >= 4 is 11.5 Å². The standard InChI is InChI=1S/C10H13N3O/c1-14-9-5-4-8(6-12-9)13-10(11)7-2-3-7/h4-7H,2-3H2,1H3,(H2,11,13). The summed E-state index contributed by atoms with van der Waals surface area (Å²) in [5.74, 6) is 1.81. The van der Waals surface area contributed by atoms with Gasteiger partial charge in [0.15, 0.2) is 0 Å². The van der Waals surface area contributed by atoms with E-state index in [1.165, 1.54) is 12.8 Å². The van der Waals surface area contributed by atoms with E-state index < -0.39 is 0 Å². The van der Waals surface area contributed by atoms with Crippen LogP contribution in [-0.2, 0) is 0 Å². The van der Waals surface area contributed by atoms with Crippen LogP contribution in [0, 0.1) is 5.92 Å². The molecule has 2 rings (SSSR count). The van der Waals surface area contributed by atoms with Gasteiger partial charge in [0.2, 0.25) is 5.88 Å². The fraction of sp³-hybridized carbons (Fsp3) is 0.400. The third kappa shape index (κ3) is 2.02. The van der Waals surface area contributed by atoms with E-state index >= 15 is 0 Å². The maximum absolute atomic E-state index is 5.77. The number of aliphatic imine (C=N–C) groups is 1. The second-order valence-electron chi connectivity index (χ2n) is 3.37. The minimum atomic E-state index is 0.497. The maximum Gasteiger partial charge on any atom is 0.213 e. The summed E-state index contributed by atoms with van der Waals surface area (Å²) in [6.45, 7) is 0. The number of ether oxygens (including phenoxy) is 1. The predicted octanol–water partition coefficient (Wildman–Crippen LogP) is 1.49. The number of pyridine rings is 1. The Kier molecular flexibility index (Phi) is 2.35. The predicted molar refractivity (Wildman–Crippen MR) is 54.8 cm³/mol. The van der Waals surface area contributed by atoms with Crippen molar-refractivity contribution in [2.24, 2.45) is 16.6 Å². The van der Waals surface area contributed by atoms with E-state index in [0.29, 0.717) is 11.8 Å². The van der Waals surface area contributed by atoms with Crippen molar-refractivity contribution in [1.82, 2.24) is 4.98 Å². The molecule has 14 heavy (non-hydrogen) atoms. The molecule has 0 unspecified atom stereocenters. The molecule has 1 aliphatic rings. The zero-order valence-corrected chi connectivity index (χ0v) is 8.10. The van der Waals surface area contributed by atoms with Gasteiger partial charge in [0, 0.05) is 12.0 Å². The summed E-state index contributed by atoms with van der Waals surface area (Å²) in [5, 5.41) is 0. The van der Waals surface area contributed by atoms with E-state index in [-0.39, 0.29) is 0 Å². The molecule has 0 amide bonds. The Morgan fingerprint density at radius 3 is 2.86 bits per heavy atom. The van der Waals surface area contributed by atoms with E-state index in [1.807, 2.05) is 6.07 Å². The molecule has 4 nitrogen and oxygen atoms in total. The average molecular weight is 191 g/mol. The van der Waals surface area contributed by atoms with Gasteiger partial charge >= 0.3 is 0 Å². The van der Waals surface area contributed by atoms with Crippen LogP contribution in [0.2, 0.25) is 0 Å². The fourth-order valence-corrected chi connectivity index (χ4v) is 1.18. The van der Waals surface area contributed by atoms with E-state index in [4.69, 9.17) is 10.5 Å². The molecule has 0 aliphatic heterocycles. The first kappa shape index (κ1) is 8.99. The summed E-state index contributed by atoms with van der Waals surface area (Å²) < 4.78 is 4.94. The summed E-state index contributed by atoms with van der Waals surface area (Å²) in [6, 6.07) is 3.63. The second kappa shape index (κ2) is 3.65. The highest BCUT2D eigenvalue weighted by Crippen LogP contribution is 2.30. The first-order valence-corrected chi connectivity index (χ1v) is 4.63. The average Bonchev–Trinajstić information content (AvgIpc) is 3.02. The lowest BCUT2D eigenvalue weighted by Crippen LogP contribution is -2.12. The largest absolute Gasteiger partial charge is 0.481 e. The van der Waals surface area contributed by atoms with Gasteiger partial charge in [-0.1, -0.05) is 0 Å². The van der Waals surface area contributed by atoms with Gasteiger partial charge in [-0.25, -0.2) is 9.98 Å². The monoisotopic (exact) mass is 191 g/mol. The fourth-order valence-electron chi connectivity index (χ4n) is 1.18. The van der Waals surface area contributed by atoms with Crippen LogP contribution in [0.5, 0.6) is 5.88 Å². The van der Waals surface area contributed by atoms with Gasteiger partial charge in [-0.15, -0.1) is 0 Å². The van der Waals surface area contributed by atoms with Crippen LogP contribution in [0.4, 0.5) is 5.69 Å². The first-order valence-electron chi connectivity index (χ1n) is 4.63. The Morgan fingerprint density at radius 2 is 2.36 bits per heavy atom. The van der Waals surface area contributed by atoms with Crippen LogP contribution < -0.4 is 10.5 Å². The maximum atomic E-state index is 5.77. The minimum Gasteiger partial charge on any atom is -0.481 e. The van der Waals surface area contributed by atoms with Gasteiger partial charge in [0.1, 0.15) is 5.84 Å². The van der Waals surface area contributed by atoms with E-state index in [9.17, 15) is 0 Å². The molecule has 0 radical (unpaired) electrons. The number of amidine groups is 1. The van der Waals surface area contributed by atoms with Gasteiger partial charge in [0.05, 0.1) is 19.0 Å². The number of aromatic nitrogens is 1. The van der Waals surface area contributed by atoms with Crippen molar-refractivity contribution in [1.29, 1.82) is 0 Å². The quantitative estimate of drug-likeness (QED) is 0.581. The number of nitrogens with two attached hydrogens (primary N) is 1. The molecule has 1 saturated carbocycles. The topological polar surface area (TPSA) is 60.5 Å². The van der Waals surface area contributed by atoms with E-state index in [0.717, 1.165) is 11.5 Å². The van der Waals surface area contributed by atoms with E-state index in [2.05, 4.69) is 9.98 Å². The number of hydrogen-bond acceptors (Lipinski definition) is 3. The highest BCUT2D eigenvalue weighted by Gasteiger charge is 2.25. The Bertz CT molecular complexity index is 341. The summed E-state index contributed by atoms with van der Waals surface area (Å²) in [5.41, 5.74) is 6.56. The van der Waals surface area contributed by atoms with Crippen molar-refractivity contribution in [3.8, 4) is 5.88 Å².